The van der Waals surface area contributed by atoms with Crippen LogP contribution < -0.4 is 5.32 Å². The van der Waals surface area contributed by atoms with Gasteiger partial charge in [0.25, 0.3) is 0 Å². The summed E-state index contributed by atoms with van der Waals surface area (Å²) in [5.41, 5.74) is 0.614. The number of hydrogen-bond acceptors (Lipinski definition) is 5. The van der Waals surface area contributed by atoms with E-state index in [2.05, 4.69) is 15.5 Å². The van der Waals surface area contributed by atoms with Crippen LogP contribution in [0.15, 0.2) is 28.7 Å². The summed E-state index contributed by atoms with van der Waals surface area (Å²) in [5, 5.41) is 10.5. The Bertz CT molecular complexity index is 658. The first-order valence-corrected chi connectivity index (χ1v) is 6.70. The number of halogens is 1. The molecule has 1 aromatic heterocycles. The molecule has 1 saturated heterocycles. The molecule has 0 aliphatic carbocycles. The lowest BCUT2D eigenvalue weighted by atomic mass is 10.0. The minimum absolute atomic E-state index is 0.150. The molecule has 6 nitrogen and oxygen atoms in total. The number of nitrogens with one attached hydrogen (secondary N) is 1. The zero-order valence-electron chi connectivity index (χ0n) is 11.5. The molecule has 1 fully saturated rings. The highest BCUT2D eigenvalue weighted by atomic mass is 19.1. The van der Waals surface area contributed by atoms with Crippen molar-refractivity contribution in [3.05, 3.63) is 47.4 Å². The Hall–Kier alpha value is -2.28. The Morgan fingerprint density at radius 1 is 1.48 bits per heavy atom. The van der Waals surface area contributed by atoms with E-state index in [1.54, 1.807) is 19.1 Å². The molecule has 7 heteroatoms. The van der Waals surface area contributed by atoms with Crippen LogP contribution in [0.3, 0.4) is 0 Å². The van der Waals surface area contributed by atoms with Gasteiger partial charge in [0.05, 0.1) is 6.54 Å². The molecule has 1 aromatic carbocycles. The largest absolute Gasteiger partial charge is 0.424 e. The average Bonchev–Trinajstić information content (AvgIpc) is 2.84. The summed E-state index contributed by atoms with van der Waals surface area (Å²) in [7, 11) is 0. The maximum atomic E-state index is 13.4. The van der Waals surface area contributed by atoms with Gasteiger partial charge < -0.3 is 9.73 Å². The third kappa shape index (κ3) is 2.92. The zero-order chi connectivity index (χ0) is 14.8. The number of hydrogen-bond donors (Lipinski definition) is 1. The lowest BCUT2D eigenvalue weighted by Gasteiger charge is -2.34. The molecular weight excluding hydrogens is 275 g/mol. The maximum Gasteiger partial charge on any atom is 0.242 e. The molecule has 3 rings (SSSR count). The monoisotopic (exact) mass is 290 g/mol. The van der Waals surface area contributed by atoms with Crippen molar-refractivity contribution < 1.29 is 13.6 Å². The van der Waals surface area contributed by atoms with E-state index >= 15 is 0 Å². The topological polar surface area (TPSA) is 71.3 Å². The number of piperazine rings is 1. The van der Waals surface area contributed by atoms with Crippen LogP contribution in [0.1, 0.15) is 23.4 Å². The predicted molar refractivity (Wildman–Crippen MR) is 71.6 cm³/mol. The van der Waals surface area contributed by atoms with Crippen molar-refractivity contribution in [1.29, 1.82) is 0 Å². The van der Waals surface area contributed by atoms with Crippen LogP contribution in [0.2, 0.25) is 0 Å². The number of amides is 1. The van der Waals surface area contributed by atoms with Gasteiger partial charge in [0.15, 0.2) is 0 Å². The molecule has 1 atom stereocenters. The van der Waals surface area contributed by atoms with Gasteiger partial charge in [0.1, 0.15) is 11.9 Å². The third-order valence-corrected chi connectivity index (χ3v) is 3.38. The molecule has 2 aromatic rings. The van der Waals surface area contributed by atoms with Gasteiger partial charge in [-0.05, 0) is 17.7 Å². The molecule has 110 valence electrons. The van der Waals surface area contributed by atoms with Crippen molar-refractivity contribution in [3.63, 3.8) is 0 Å². The molecule has 1 aliphatic heterocycles. The second kappa shape index (κ2) is 5.61. The Kier molecular flexibility index (Phi) is 3.66. The van der Waals surface area contributed by atoms with Crippen molar-refractivity contribution >= 4 is 5.91 Å². The van der Waals surface area contributed by atoms with Crippen LogP contribution in [-0.2, 0) is 11.3 Å². The Morgan fingerprint density at radius 3 is 3.05 bits per heavy atom. The fraction of sp³-hybridized carbons (Fsp3) is 0.357. The summed E-state index contributed by atoms with van der Waals surface area (Å²) in [6.45, 7) is 3.24. The summed E-state index contributed by atoms with van der Waals surface area (Å²) in [4.78, 5) is 14.1. The van der Waals surface area contributed by atoms with Crippen LogP contribution in [-0.4, -0.2) is 34.1 Å². The molecule has 1 N–H and O–H groups in total. The number of aromatic nitrogens is 2. The van der Waals surface area contributed by atoms with Crippen molar-refractivity contribution in [3.8, 4) is 0 Å². The minimum atomic E-state index is -0.554. The predicted octanol–water partition coefficient (Wildman–Crippen LogP) is 1.19. The van der Waals surface area contributed by atoms with Crippen LogP contribution in [0.25, 0.3) is 0 Å². The molecule has 0 spiro atoms. The summed E-state index contributed by atoms with van der Waals surface area (Å²) in [6, 6.07) is 5.52. The van der Waals surface area contributed by atoms with E-state index in [0.717, 1.165) is 0 Å². The normalized spacial score (nSPS) is 19.5. The number of aryl methyl sites for hydroxylation is 1. The second-order valence-corrected chi connectivity index (χ2v) is 4.93. The first-order chi connectivity index (χ1) is 10.1. The number of rotatable bonds is 3. The average molecular weight is 290 g/mol. The van der Waals surface area contributed by atoms with E-state index in [1.165, 1.54) is 12.1 Å². The fourth-order valence-corrected chi connectivity index (χ4v) is 2.50. The Balaban J connectivity index is 1.87. The molecule has 1 amide bonds. The van der Waals surface area contributed by atoms with Crippen molar-refractivity contribution in [2.45, 2.75) is 19.5 Å². The first-order valence-electron chi connectivity index (χ1n) is 6.70. The van der Waals surface area contributed by atoms with Crippen molar-refractivity contribution in [2.24, 2.45) is 0 Å². The Labute approximate surface area is 121 Å². The summed E-state index contributed by atoms with van der Waals surface area (Å²) < 4.78 is 18.8. The van der Waals surface area contributed by atoms with E-state index in [1.807, 2.05) is 4.90 Å². The maximum absolute atomic E-state index is 13.4. The number of carbonyl (C=O) groups is 1. The lowest BCUT2D eigenvalue weighted by Crippen LogP contribution is -2.49. The highest BCUT2D eigenvalue weighted by molar-refractivity contribution is 5.83. The molecule has 2 heterocycles. The summed E-state index contributed by atoms with van der Waals surface area (Å²) >= 11 is 0. The van der Waals surface area contributed by atoms with Gasteiger partial charge in [-0.2, -0.15) is 0 Å². The number of benzene rings is 1. The van der Waals surface area contributed by atoms with Crippen molar-refractivity contribution in [2.75, 3.05) is 13.1 Å². The lowest BCUT2D eigenvalue weighted by molar-refractivity contribution is -0.129. The highest BCUT2D eigenvalue weighted by Crippen LogP contribution is 2.25. The minimum Gasteiger partial charge on any atom is -0.424 e. The van der Waals surface area contributed by atoms with Gasteiger partial charge in [0, 0.05) is 20.0 Å². The van der Waals surface area contributed by atoms with E-state index in [9.17, 15) is 9.18 Å². The molecule has 0 bridgehead atoms. The van der Waals surface area contributed by atoms with Crippen LogP contribution >= 0.6 is 0 Å². The van der Waals surface area contributed by atoms with Crippen molar-refractivity contribution in [1.82, 2.24) is 20.4 Å². The van der Waals surface area contributed by atoms with E-state index in [4.69, 9.17) is 4.42 Å². The molecule has 21 heavy (non-hydrogen) atoms. The second-order valence-electron chi connectivity index (χ2n) is 4.93. The van der Waals surface area contributed by atoms with E-state index in [-0.39, 0.29) is 11.7 Å². The standard InChI is InChI=1S/C14H15FN4O2/c1-9-17-18-12(21-9)8-19-6-5-16-14(20)13(19)10-3-2-4-11(15)7-10/h2-4,7,13H,5-6,8H2,1H3,(H,16,20). The van der Waals surface area contributed by atoms with Gasteiger partial charge in [-0.3, -0.25) is 9.69 Å². The molecule has 0 saturated carbocycles. The first kappa shape index (κ1) is 13.7. The van der Waals surface area contributed by atoms with Crippen LogP contribution in [0.5, 0.6) is 0 Å². The summed E-state index contributed by atoms with van der Waals surface area (Å²) in [5.74, 6) is 0.417. The molecular formula is C14H15FN4O2. The third-order valence-electron chi connectivity index (χ3n) is 3.38. The number of carbonyl (C=O) groups excluding carboxylic acids is 1. The molecule has 1 unspecified atom stereocenters. The van der Waals surface area contributed by atoms with Gasteiger partial charge in [0.2, 0.25) is 17.7 Å². The molecule has 1 aliphatic rings. The number of nitrogens with zero attached hydrogens (tertiary/aromatic N) is 3. The smallest absolute Gasteiger partial charge is 0.242 e. The summed E-state index contributed by atoms with van der Waals surface area (Å²) in [6.07, 6.45) is 0. The zero-order valence-corrected chi connectivity index (χ0v) is 11.5. The van der Waals surface area contributed by atoms with Crippen LogP contribution in [0, 0.1) is 12.7 Å². The van der Waals surface area contributed by atoms with Gasteiger partial charge in [-0.25, -0.2) is 4.39 Å². The van der Waals surface area contributed by atoms with E-state index in [0.29, 0.717) is 37.0 Å². The fourth-order valence-electron chi connectivity index (χ4n) is 2.50. The molecule has 0 radical (unpaired) electrons. The van der Waals surface area contributed by atoms with Gasteiger partial charge in [-0.1, -0.05) is 12.1 Å². The highest BCUT2D eigenvalue weighted by Gasteiger charge is 2.32. The van der Waals surface area contributed by atoms with Crippen LogP contribution in [0.4, 0.5) is 4.39 Å². The van der Waals surface area contributed by atoms with Gasteiger partial charge >= 0.3 is 0 Å². The van der Waals surface area contributed by atoms with E-state index < -0.39 is 6.04 Å². The van der Waals surface area contributed by atoms with Gasteiger partial charge in [-0.15, -0.1) is 10.2 Å². The SMILES string of the molecule is Cc1nnc(CN2CCNC(=O)C2c2cccc(F)c2)o1. The Morgan fingerprint density at radius 2 is 2.33 bits per heavy atom. The quantitative estimate of drug-likeness (QED) is 0.919.